The maximum absolute atomic E-state index is 12.5. The molecule has 0 saturated carbocycles. The fraction of sp³-hybridized carbons (Fsp3) is 0.615. The van der Waals surface area contributed by atoms with Crippen LogP contribution in [-0.4, -0.2) is 34.1 Å². The number of piperidine rings is 1. The Balaban J connectivity index is 2.26. The molecular formula is C13H19NO2S. The number of hydrogen-bond donors (Lipinski definition) is 1. The molecule has 1 amide bonds. The van der Waals surface area contributed by atoms with Gasteiger partial charge in [-0.2, -0.15) is 0 Å². The second-order valence-electron chi connectivity index (χ2n) is 5.35. The lowest BCUT2D eigenvalue weighted by Gasteiger charge is -2.44. The normalized spacial score (nSPS) is 23.8. The summed E-state index contributed by atoms with van der Waals surface area (Å²) in [5.74, 6) is 0.0567. The van der Waals surface area contributed by atoms with Crippen molar-refractivity contribution in [1.82, 2.24) is 4.90 Å². The molecule has 94 valence electrons. The molecule has 1 N–H and O–H groups in total. The van der Waals surface area contributed by atoms with Crippen molar-refractivity contribution in [2.24, 2.45) is 0 Å². The number of likely N-dealkylation sites (tertiary alicyclic amines) is 1. The molecule has 17 heavy (non-hydrogen) atoms. The van der Waals surface area contributed by atoms with E-state index in [1.165, 1.54) is 11.3 Å². The van der Waals surface area contributed by atoms with Crippen LogP contribution in [-0.2, 0) is 0 Å². The number of aliphatic hydroxyl groups excluding tert-OH is 1. The fourth-order valence-electron chi connectivity index (χ4n) is 2.28. The van der Waals surface area contributed by atoms with Gasteiger partial charge < -0.3 is 10.0 Å². The summed E-state index contributed by atoms with van der Waals surface area (Å²) in [5, 5.41) is 11.7. The zero-order chi connectivity index (χ0) is 12.6. The van der Waals surface area contributed by atoms with E-state index in [0.29, 0.717) is 6.54 Å². The first-order chi connectivity index (χ1) is 7.92. The SMILES string of the molecule is Cc1ccsc1C(=O)N1CC(O)CCC1(C)C. The Morgan fingerprint density at radius 1 is 1.59 bits per heavy atom. The number of thiophene rings is 1. The van der Waals surface area contributed by atoms with E-state index in [-0.39, 0.29) is 17.6 Å². The zero-order valence-electron chi connectivity index (χ0n) is 10.6. The minimum Gasteiger partial charge on any atom is -0.391 e. The van der Waals surface area contributed by atoms with Crippen molar-refractivity contribution in [3.05, 3.63) is 21.9 Å². The number of amides is 1. The molecule has 1 aliphatic rings. The van der Waals surface area contributed by atoms with E-state index in [4.69, 9.17) is 0 Å². The van der Waals surface area contributed by atoms with Gasteiger partial charge in [0.05, 0.1) is 11.0 Å². The summed E-state index contributed by atoms with van der Waals surface area (Å²) in [5.41, 5.74) is 0.864. The standard InChI is InChI=1S/C13H19NO2S/c1-9-5-7-17-11(9)12(16)14-8-10(15)4-6-13(14,2)3/h5,7,10,15H,4,6,8H2,1-3H3. The van der Waals surface area contributed by atoms with Gasteiger partial charge in [-0.1, -0.05) is 0 Å². The average Bonchev–Trinajstić information content (AvgIpc) is 2.67. The van der Waals surface area contributed by atoms with Crippen molar-refractivity contribution >= 4 is 17.2 Å². The van der Waals surface area contributed by atoms with Crippen LogP contribution < -0.4 is 0 Å². The van der Waals surface area contributed by atoms with Crippen molar-refractivity contribution in [1.29, 1.82) is 0 Å². The molecule has 0 bridgehead atoms. The highest BCUT2D eigenvalue weighted by Gasteiger charge is 2.37. The minimum atomic E-state index is -0.382. The second-order valence-corrected chi connectivity index (χ2v) is 6.27. The molecular weight excluding hydrogens is 234 g/mol. The van der Waals surface area contributed by atoms with E-state index >= 15 is 0 Å². The van der Waals surface area contributed by atoms with Gasteiger partial charge in [0.1, 0.15) is 0 Å². The molecule has 0 aromatic carbocycles. The molecule has 2 rings (SSSR count). The predicted molar refractivity (Wildman–Crippen MR) is 69.4 cm³/mol. The Hall–Kier alpha value is -0.870. The molecule has 0 radical (unpaired) electrons. The molecule has 0 spiro atoms. The highest BCUT2D eigenvalue weighted by Crippen LogP contribution is 2.30. The van der Waals surface area contributed by atoms with Crippen LogP contribution >= 0.6 is 11.3 Å². The van der Waals surface area contributed by atoms with Gasteiger partial charge in [0, 0.05) is 12.1 Å². The first-order valence-electron chi connectivity index (χ1n) is 5.96. The van der Waals surface area contributed by atoms with Crippen LogP contribution in [0.4, 0.5) is 0 Å². The molecule has 1 aromatic heterocycles. The van der Waals surface area contributed by atoms with Crippen LogP contribution in [0.2, 0.25) is 0 Å². The van der Waals surface area contributed by atoms with Crippen LogP contribution in [0.1, 0.15) is 41.9 Å². The van der Waals surface area contributed by atoms with E-state index in [1.54, 1.807) is 0 Å². The number of aliphatic hydroxyl groups is 1. The number of rotatable bonds is 1. The number of β-amino-alcohol motifs (C(OH)–C–C–N with tert-alkyl or cyclic N) is 1. The summed E-state index contributed by atoms with van der Waals surface area (Å²) in [6.45, 7) is 6.54. The fourth-order valence-corrected chi connectivity index (χ4v) is 3.15. The van der Waals surface area contributed by atoms with Gasteiger partial charge in [-0.25, -0.2) is 0 Å². The number of hydrogen-bond acceptors (Lipinski definition) is 3. The number of carbonyl (C=O) groups excluding carboxylic acids is 1. The van der Waals surface area contributed by atoms with Gasteiger partial charge in [-0.05, 0) is 50.6 Å². The van der Waals surface area contributed by atoms with Crippen LogP contribution in [0.3, 0.4) is 0 Å². The first-order valence-corrected chi connectivity index (χ1v) is 6.84. The summed E-state index contributed by atoms with van der Waals surface area (Å²) < 4.78 is 0. The van der Waals surface area contributed by atoms with Crippen molar-refractivity contribution in [3.63, 3.8) is 0 Å². The Morgan fingerprint density at radius 3 is 2.88 bits per heavy atom. The summed E-state index contributed by atoms with van der Waals surface area (Å²) in [7, 11) is 0. The molecule has 1 unspecified atom stereocenters. The third kappa shape index (κ3) is 2.38. The van der Waals surface area contributed by atoms with Crippen LogP contribution in [0.25, 0.3) is 0 Å². The molecule has 3 nitrogen and oxygen atoms in total. The Bertz CT molecular complexity index is 425. The second kappa shape index (κ2) is 4.42. The third-order valence-electron chi connectivity index (χ3n) is 3.51. The summed E-state index contributed by atoms with van der Waals surface area (Å²) in [6, 6.07) is 1.96. The van der Waals surface area contributed by atoms with Crippen LogP contribution in [0, 0.1) is 6.92 Å². The summed E-state index contributed by atoms with van der Waals surface area (Å²) >= 11 is 1.48. The van der Waals surface area contributed by atoms with Crippen LogP contribution in [0.5, 0.6) is 0 Å². The van der Waals surface area contributed by atoms with E-state index in [1.807, 2.05) is 23.3 Å². The molecule has 4 heteroatoms. The quantitative estimate of drug-likeness (QED) is 0.835. The third-order valence-corrected chi connectivity index (χ3v) is 4.52. The zero-order valence-corrected chi connectivity index (χ0v) is 11.4. The van der Waals surface area contributed by atoms with Crippen molar-refractivity contribution in [2.75, 3.05) is 6.54 Å². The van der Waals surface area contributed by atoms with E-state index in [0.717, 1.165) is 23.3 Å². The number of nitrogens with zero attached hydrogens (tertiary/aromatic N) is 1. The Morgan fingerprint density at radius 2 is 2.29 bits per heavy atom. The number of aryl methyl sites for hydroxylation is 1. The van der Waals surface area contributed by atoms with Gasteiger partial charge >= 0.3 is 0 Å². The lowest BCUT2D eigenvalue weighted by atomic mass is 9.89. The molecule has 0 aliphatic carbocycles. The van der Waals surface area contributed by atoms with Gasteiger partial charge in [-0.15, -0.1) is 11.3 Å². The lowest BCUT2D eigenvalue weighted by Crippen LogP contribution is -2.54. The minimum absolute atomic E-state index is 0.0567. The van der Waals surface area contributed by atoms with Gasteiger partial charge in [0.25, 0.3) is 5.91 Å². The molecule has 1 fully saturated rings. The maximum atomic E-state index is 12.5. The van der Waals surface area contributed by atoms with E-state index in [2.05, 4.69) is 13.8 Å². The largest absolute Gasteiger partial charge is 0.391 e. The van der Waals surface area contributed by atoms with Gasteiger partial charge in [0.2, 0.25) is 0 Å². The molecule has 1 saturated heterocycles. The van der Waals surface area contributed by atoms with Gasteiger partial charge in [0.15, 0.2) is 0 Å². The Kier molecular flexibility index (Phi) is 3.27. The predicted octanol–water partition coefficient (Wildman–Crippen LogP) is 2.43. The van der Waals surface area contributed by atoms with Crippen LogP contribution in [0.15, 0.2) is 11.4 Å². The average molecular weight is 253 g/mol. The lowest BCUT2D eigenvalue weighted by molar-refractivity contribution is 0.00182. The topological polar surface area (TPSA) is 40.5 Å². The van der Waals surface area contributed by atoms with Crippen molar-refractivity contribution in [2.45, 2.75) is 45.3 Å². The highest BCUT2D eigenvalue weighted by molar-refractivity contribution is 7.12. The van der Waals surface area contributed by atoms with E-state index in [9.17, 15) is 9.90 Å². The molecule has 1 atom stereocenters. The van der Waals surface area contributed by atoms with Crippen molar-refractivity contribution < 1.29 is 9.90 Å². The van der Waals surface area contributed by atoms with E-state index < -0.39 is 0 Å². The van der Waals surface area contributed by atoms with Gasteiger partial charge in [-0.3, -0.25) is 4.79 Å². The monoisotopic (exact) mass is 253 g/mol. The summed E-state index contributed by atoms with van der Waals surface area (Å²) in [4.78, 5) is 15.1. The first kappa shape index (κ1) is 12.6. The molecule has 1 aliphatic heterocycles. The molecule has 2 heterocycles. The Labute approximate surface area is 106 Å². The number of carbonyl (C=O) groups is 1. The highest BCUT2D eigenvalue weighted by atomic mass is 32.1. The smallest absolute Gasteiger partial charge is 0.264 e. The maximum Gasteiger partial charge on any atom is 0.264 e. The summed E-state index contributed by atoms with van der Waals surface area (Å²) in [6.07, 6.45) is 1.25. The molecule has 1 aromatic rings. The van der Waals surface area contributed by atoms with Crippen molar-refractivity contribution in [3.8, 4) is 0 Å².